The van der Waals surface area contributed by atoms with E-state index in [9.17, 15) is 14.7 Å². The van der Waals surface area contributed by atoms with Crippen molar-refractivity contribution in [3.8, 4) is 11.5 Å². The number of carbonyl (C=O) groups is 2. The predicted molar refractivity (Wildman–Crippen MR) is 69.8 cm³/mol. The number of para-hydroxylation sites is 1. The molecule has 1 aromatic carbocycles. The molecule has 1 rings (SSSR count). The Morgan fingerprint density at radius 2 is 2.16 bits per heavy atom. The fourth-order valence-corrected chi connectivity index (χ4v) is 1.30. The summed E-state index contributed by atoms with van der Waals surface area (Å²) in [5.74, 6) is -0.555. The van der Waals surface area contributed by atoms with Crippen molar-refractivity contribution in [1.82, 2.24) is 10.6 Å². The normalized spacial score (nSPS) is 11.5. The summed E-state index contributed by atoms with van der Waals surface area (Å²) < 4.78 is 5.29. The van der Waals surface area contributed by atoms with Gasteiger partial charge in [-0.15, -0.1) is 0 Å². The lowest BCUT2D eigenvalue weighted by atomic mass is 10.2. The highest BCUT2D eigenvalue weighted by Crippen LogP contribution is 2.30. The molecule has 0 aliphatic rings. The Morgan fingerprint density at radius 3 is 2.79 bits per heavy atom. The lowest BCUT2D eigenvalue weighted by molar-refractivity contribution is -0.126. The summed E-state index contributed by atoms with van der Waals surface area (Å²) in [6.07, 6.45) is -0.924. The highest BCUT2D eigenvalue weighted by molar-refractivity contribution is 5.96. The van der Waals surface area contributed by atoms with Gasteiger partial charge in [-0.3, -0.25) is 10.1 Å². The van der Waals surface area contributed by atoms with Crippen molar-refractivity contribution in [2.75, 3.05) is 12.3 Å². The molecule has 0 heterocycles. The van der Waals surface area contributed by atoms with Gasteiger partial charge in [0.15, 0.2) is 6.10 Å². The van der Waals surface area contributed by atoms with Crippen molar-refractivity contribution < 1.29 is 19.4 Å². The molecule has 104 valence electrons. The standard InChI is InChI=1S/C12H17N3O4/c1-3-14-12(18)15-11(17)7(2)19-9-6-4-5-8(16)10(9)13/h4-7,16H,3,13H2,1-2H3,(H2,14,15,17,18). The van der Waals surface area contributed by atoms with E-state index in [0.717, 1.165) is 0 Å². The number of phenols is 1. The maximum absolute atomic E-state index is 11.6. The first-order valence-corrected chi connectivity index (χ1v) is 5.78. The topological polar surface area (TPSA) is 114 Å². The van der Waals surface area contributed by atoms with Gasteiger partial charge in [0.1, 0.15) is 17.2 Å². The molecule has 1 aromatic rings. The fourth-order valence-electron chi connectivity index (χ4n) is 1.30. The molecule has 0 fully saturated rings. The number of aromatic hydroxyl groups is 1. The second kappa shape index (κ2) is 6.48. The molecule has 19 heavy (non-hydrogen) atoms. The Labute approximate surface area is 110 Å². The van der Waals surface area contributed by atoms with Gasteiger partial charge in [0.2, 0.25) is 0 Å². The largest absolute Gasteiger partial charge is 0.506 e. The minimum absolute atomic E-state index is 0.0418. The predicted octanol–water partition coefficient (Wildman–Crippen LogP) is 0.587. The molecule has 0 aromatic heterocycles. The SMILES string of the molecule is CCNC(=O)NC(=O)C(C)Oc1cccc(O)c1N. The summed E-state index contributed by atoms with van der Waals surface area (Å²) in [4.78, 5) is 22.8. The minimum atomic E-state index is -0.924. The summed E-state index contributed by atoms with van der Waals surface area (Å²) in [6, 6.07) is 3.87. The molecule has 1 unspecified atom stereocenters. The molecule has 3 amide bonds. The first kappa shape index (κ1) is 14.6. The molecule has 0 radical (unpaired) electrons. The number of imide groups is 1. The van der Waals surface area contributed by atoms with Crippen LogP contribution in [0.3, 0.4) is 0 Å². The van der Waals surface area contributed by atoms with E-state index >= 15 is 0 Å². The molecule has 1 atom stereocenters. The average molecular weight is 267 g/mol. The number of phenolic OH excluding ortho intramolecular Hbond substituents is 1. The maximum atomic E-state index is 11.6. The van der Waals surface area contributed by atoms with Crippen molar-refractivity contribution in [1.29, 1.82) is 0 Å². The van der Waals surface area contributed by atoms with Gasteiger partial charge in [0.05, 0.1) is 0 Å². The van der Waals surface area contributed by atoms with Crippen molar-refractivity contribution in [3.05, 3.63) is 18.2 Å². The second-order valence-corrected chi connectivity index (χ2v) is 3.80. The number of rotatable bonds is 4. The summed E-state index contributed by atoms with van der Waals surface area (Å²) in [5, 5.41) is 13.9. The summed E-state index contributed by atoms with van der Waals surface area (Å²) >= 11 is 0. The molecule has 0 aliphatic heterocycles. The third-order valence-corrected chi connectivity index (χ3v) is 2.29. The number of hydrogen-bond acceptors (Lipinski definition) is 5. The zero-order valence-electron chi connectivity index (χ0n) is 10.8. The summed E-state index contributed by atoms with van der Waals surface area (Å²) in [5.41, 5.74) is 5.64. The van der Waals surface area contributed by atoms with Gasteiger partial charge in [-0.05, 0) is 26.0 Å². The van der Waals surface area contributed by atoms with Crippen LogP contribution < -0.4 is 21.1 Å². The zero-order chi connectivity index (χ0) is 14.4. The number of nitrogens with one attached hydrogen (secondary N) is 2. The van der Waals surface area contributed by atoms with E-state index in [1.54, 1.807) is 6.92 Å². The van der Waals surface area contributed by atoms with Crippen molar-refractivity contribution in [3.63, 3.8) is 0 Å². The zero-order valence-corrected chi connectivity index (χ0v) is 10.8. The van der Waals surface area contributed by atoms with Gasteiger partial charge in [0, 0.05) is 6.54 Å². The van der Waals surface area contributed by atoms with Crippen LogP contribution in [0.1, 0.15) is 13.8 Å². The molecule has 0 saturated heterocycles. The average Bonchev–Trinajstić information content (AvgIpc) is 2.35. The van der Waals surface area contributed by atoms with Gasteiger partial charge in [-0.25, -0.2) is 4.79 Å². The first-order chi connectivity index (χ1) is 8.95. The monoisotopic (exact) mass is 267 g/mol. The number of carbonyl (C=O) groups excluding carboxylic acids is 2. The van der Waals surface area contributed by atoms with Gasteiger partial charge in [-0.2, -0.15) is 0 Å². The number of hydrogen-bond donors (Lipinski definition) is 4. The quantitative estimate of drug-likeness (QED) is 0.471. The van der Waals surface area contributed by atoms with Crippen LogP contribution in [0.2, 0.25) is 0 Å². The Kier molecular flexibility index (Phi) is 4.99. The maximum Gasteiger partial charge on any atom is 0.321 e. The molecular formula is C12H17N3O4. The Morgan fingerprint density at radius 1 is 1.47 bits per heavy atom. The Bertz CT molecular complexity index is 476. The lowest BCUT2D eigenvalue weighted by Crippen LogP contribution is -2.45. The molecule has 0 bridgehead atoms. The number of ether oxygens (including phenoxy) is 1. The molecule has 7 nitrogen and oxygen atoms in total. The van der Waals surface area contributed by atoms with Crippen molar-refractivity contribution >= 4 is 17.6 Å². The van der Waals surface area contributed by atoms with E-state index in [0.29, 0.717) is 6.54 Å². The number of urea groups is 1. The van der Waals surface area contributed by atoms with Gasteiger partial charge in [0.25, 0.3) is 5.91 Å². The van der Waals surface area contributed by atoms with Crippen LogP contribution in [0, 0.1) is 0 Å². The van der Waals surface area contributed by atoms with Crippen molar-refractivity contribution in [2.24, 2.45) is 0 Å². The Balaban J connectivity index is 2.64. The smallest absolute Gasteiger partial charge is 0.321 e. The Hall–Kier alpha value is -2.44. The van der Waals surface area contributed by atoms with Gasteiger partial charge < -0.3 is 20.9 Å². The molecule has 5 N–H and O–H groups in total. The van der Waals surface area contributed by atoms with Gasteiger partial charge >= 0.3 is 6.03 Å². The van der Waals surface area contributed by atoms with Crippen LogP contribution in [-0.2, 0) is 4.79 Å². The van der Waals surface area contributed by atoms with Gasteiger partial charge in [-0.1, -0.05) is 6.07 Å². The third kappa shape index (κ3) is 4.06. The van der Waals surface area contributed by atoms with E-state index in [4.69, 9.17) is 10.5 Å². The van der Waals surface area contributed by atoms with E-state index in [-0.39, 0.29) is 17.2 Å². The van der Waals surface area contributed by atoms with Crippen LogP contribution >= 0.6 is 0 Å². The molecule has 7 heteroatoms. The molecule has 0 aliphatic carbocycles. The lowest BCUT2D eigenvalue weighted by Gasteiger charge is -2.15. The van der Waals surface area contributed by atoms with E-state index in [1.807, 2.05) is 0 Å². The second-order valence-electron chi connectivity index (χ2n) is 3.80. The number of nitrogens with two attached hydrogens (primary N) is 1. The van der Waals surface area contributed by atoms with E-state index in [2.05, 4.69) is 10.6 Å². The van der Waals surface area contributed by atoms with Crippen LogP contribution in [0.25, 0.3) is 0 Å². The first-order valence-electron chi connectivity index (χ1n) is 5.78. The number of benzene rings is 1. The molecule has 0 spiro atoms. The van der Waals surface area contributed by atoms with E-state index in [1.165, 1.54) is 25.1 Å². The minimum Gasteiger partial charge on any atom is -0.506 e. The number of amides is 3. The number of nitrogen functional groups attached to an aromatic ring is 1. The van der Waals surface area contributed by atoms with Crippen LogP contribution in [0.15, 0.2) is 18.2 Å². The fraction of sp³-hybridized carbons (Fsp3) is 0.333. The van der Waals surface area contributed by atoms with Crippen LogP contribution in [0.5, 0.6) is 11.5 Å². The van der Waals surface area contributed by atoms with E-state index < -0.39 is 18.0 Å². The highest BCUT2D eigenvalue weighted by Gasteiger charge is 2.18. The molecular weight excluding hydrogens is 250 g/mol. The highest BCUT2D eigenvalue weighted by atomic mass is 16.5. The third-order valence-electron chi connectivity index (χ3n) is 2.29. The summed E-state index contributed by atoms with van der Waals surface area (Å²) in [7, 11) is 0. The number of anilines is 1. The summed E-state index contributed by atoms with van der Waals surface area (Å²) in [6.45, 7) is 3.61. The van der Waals surface area contributed by atoms with Crippen molar-refractivity contribution in [2.45, 2.75) is 20.0 Å². The molecule has 0 saturated carbocycles. The van der Waals surface area contributed by atoms with Crippen LogP contribution in [-0.4, -0.2) is 29.7 Å². The van der Waals surface area contributed by atoms with Crippen LogP contribution in [0.4, 0.5) is 10.5 Å².